The maximum atomic E-state index is 12.3. The van der Waals surface area contributed by atoms with Gasteiger partial charge in [-0.05, 0) is 30.4 Å². The Balaban J connectivity index is 0.00000220. The third-order valence-corrected chi connectivity index (χ3v) is 4.10. The average molecular weight is 311 g/mol. The predicted octanol–water partition coefficient (Wildman–Crippen LogP) is 2.98. The minimum absolute atomic E-state index is 0. The Labute approximate surface area is 134 Å². The molecule has 4 heteroatoms. The van der Waals surface area contributed by atoms with E-state index in [1.807, 2.05) is 4.90 Å². The van der Waals surface area contributed by atoms with Crippen molar-refractivity contribution in [3.8, 4) is 0 Å². The summed E-state index contributed by atoms with van der Waals surface area (Å²) in [6.45, 7) is 9.18. The minimum atomic E-state index is 0. The number of nitrogens with zero attached hydrogens (tertiary/aromatic N) is 1. The number of aryl methyl sites for hydroxylation is 1. The number of rotatable bonds is 4. The standard InChI is InChI=1S/C17H26N2O.ClH/c1-13(2)16-7-4-15(5-8-16)6-9-17(20)19-11-10-18-12-14(19)3;/h4-5,7-8,13-14,18H,6,9-12H2,1-3H3;1H. The molecule has 0 spiro atoms. The largest absolute Gasteiger partial charge is 0.337 e. The lowest BCUT2D eigenvalue weighted by molar-refractivity contribution is -0.133. The van der Waals surface area contributed by atoms with Crippen molar-refractivity contribution in [3.05, 3.63) is 35.4 Å². The number of amides is 1. The molecular weight excluding hydrogens is 284 g/mol. The fourth-order valence-electron chi connectivity index (χ4n) is 2.68. The summed E-state index contributed by atoms with van der Waals surface area (Å²) in [5.74, 6) is 0.847. The maximum Gasteiger partial charge on any atom is 0.223 e. The van der Waals surface area contributed by atoms with Crippen LogP contribution in [0.25, 0.3) is 0 Å². The molecule has 1 N–H and O–H groups in total. The molecule has 2 rings (SSSR count). The Morgan fingerprint density at radius 3 is 2.57 bits per heavy atom. The highest BCUT2D eigenvalue weighted by molar-refractivity contribution is 5.85. The van der Waals surface area contributed by atoms with E-state index in [0.29, 0.717) is 18.4 Å². The third kappa shape index (κ3) is 5.01. The molecule has 1 unspecified atom stereocenters. The Hall–Kier alpha value is -1.06. The fraction of sp³-hybridized carbons (Fsp3) is 0.588. The van der Waals surface area contributed by atoms with Crippen LogP contribution in [0.15, 0.2) is 24.3 Å². The Morgan fingerprint density at radius 1 is 1.33 bits per heavy atom. The summed E-state index contributed by atoms with van der Waals surface area (Å²) in [6.07, 6.45) is 1.46. The second-order valence-electron chi connectivity index (χ2n) is 6.04. The molecule has 21 heavy (non-hydrogen) atoms. The predicted molar refractivity (Wildman–Crippen MR) is 90.1 cm³/mol. The van der Waals surface area contributed by atoms with Gasteiger partial charge in [-0.2, -0.15) is 0 Å². The van der Waals surface area contributed by atoms with Crippen LogP contribution in [0.2, 0.25) is 0 Å². The van der Waals surface area contributed by atoms with E-state index in [0.717, 1.165) is 26.1 Å². The van der Waals surface area contributed by atoms with Gasteiger partial charge in [-0.3, -0.25) is 4.79 Å². The van der Waals surface area contributed by atoms with Crippen molar-refractivity contribution >= 4 is 18.3 Å². The molecule has 1 aliphatic heterocycles. The number of hydrogen-bond acceptors (Lipinski definition) is 2. The zero-order chi connectivity index (χ0) is 14.5. The Bertz CT molecular complexity index is 445. The molecule has 0 aliphatic carbocycles. The van der Waals surface area contributed by atoms with E-state index in [4.69, 9.17) is 0 Å². The molecule has 0 radical (unpaired) electrons. The first-order valence-electron chi connectivity index (χ1n) is 7.67. The molecule has 1 aromatic carbocycles. The molecule has 1 atom stereocenters. The summed E-state index contributed by atoms with van der Waals surface area (Å²) in [5, 5.41) is 3.32. The summed E-state index contributed by atoms with van der Waals surface area (Å²) in [5.41, 5.74) is 2.61. The van der Waals surface area contributed by atoms with Crippen molar-refractivity contribution in [2.24, 2.45) is 0 Å². The van der Waals surface area contributed by atoms with Crippen LogP contribution in [0.3, 0.4) is 0 Å². The monoisotopic (exact) mass is 310 g/mol. The molecular formula is C17H27ClN2O. The quantitative estimate of drug-likeness (QED) is 0.927. The summed E-state index contributed by atoms with van der Waals surface area (Å²) >= 11 is 0. The van der Waals surface area contributed by atoms with Crippen LogP contribution in [0.5, 0.6) is 0 Å². The van der Waals surface area contributed by atoms with Gasteiger partial charge in [0.05, 0.1) is 0 Å². The van der Waals surface area contributed by atoms with Gasteiger partial charge in [0.15, 0.2) is 0 Å². The molecule has 1 saturated heterocycles. The highest BCUT2D eigenvalue weighted by Gasteiger charge is 2.22. The fourth-order valence-corrected chi connectivity index (χ4v) is 2.68. The summed E-state index contributed by atoms with van der Waals surface area (Å²) in [7, 11) is 0. The number of carbonyl (C=O) groups is 1. The highest BCUT2D eigenvalue weighted by atomic mass is 35.5. The van der Waals surface area contributed by atoms with E-state index in [1.165, 1.54) is 11.1 Å². The second-order valence-corrected chi connectivity index (χ2v) is 6.04. The van der Waals surface area contributed by atoms with Crippen molar-refractivity contribution in [2.75, 3.05) is 19.6 Å². The first kappa shape index (κ1) is 18.0. The summed E-state index contributed by atoms with van der Waals surface area (Å²) in [6, 6.07) is 8.99. The van der Waals surface area contributed by atoms with Gasteiger partial charge in [-0.1, -0.05) is 38.1 Å². The first-order chi connectivity index (χ1) is 9.58. The van der Waals surface area contributed by atoms with Crippen molar-refractivity contribution in [1.82, 2.24) is 10.2 Å². The van der Waals surface area contributed by atoms with Crippen LogP contribution in [0, 0.1) is 0 Å². The molecule has 118 valence electrons. The molecule has 3 nitrogen and oxygen atoms in total. The van der Waals surface area contributed by atoms with E-state index < -0.39 is 0 Å². The molecule has 1 fully saturated rings. The number of hydrogen-bond donors (Lipinski definition) is 1. The zero-order valence-corrected chi connectivity index (χ0v) is 14.1. The van der Waals surface area contributed by atoms with Crippen LogP contribution in [0.1, 0.15) is 44.2 Å². The van der Waals surface area contributed by atoms with Crippen LogP contribution in [-0.4, -0.2) is 36.5 Å². The Morgan fingerprint density at radius 2 is 2.00 bits per heavy atom. The zero-order valence-electron chi connectivity index (χ0n) is 13.3. The number of halogens is 1. The average Bonchev–Trinajstić information content (AvgIpc) is 2.45. The molecule has 0 aromatic heterocycles. The van der Waals surface area contributed by atoms with Gasteiger partial charge in [0.1, 0.15) is 0 Å². The van der Waals surface area contributed by atoms with Crippen molar-refractivity contribution in [1.29, 1.82) is 0 Å². The lowest BCUT2D eigenvalue weighted by atomic mass is 10.00. The van der Waals surface area contributed by atoms with Gasteiger partial charge in [0.25, 0.3) is 0 Å². The van der Waals surface area contributed by atoms with Crippen molar-refractivity contribution in [2.45, 2.75) is 45.6 Å². The van der Waals surface area contributed by atoms with Gasteiger partial charge in [-0.25, -0.2) is 0 Å². The Kier molecular flexibility index (Phi) is 7.20. The van der Waals surface area contributed by atoms with Gasteiger partial charge in [0.2, 0.25) is 5.91 Å². The van der Waals surface area contributed by atoms with Gasteiger partial charge < -0.3 is 10.2 Å². The van der Waals surface area contributed by atoms with E-state index >= 15 is 0 Å². The minimum Gasteiger partial charge on any atom is -0.337 e. The van der Waals surface area contributed by atoms with Crippen LogP contribution in [0.4, 0.5) is 0 Å². The van der Waals surface area contributed by atoms with E-state index in [9.17, 15) is 4.79 Å². The van der Waals surface area contributed by atoms with E-state index in [-0.39, 0.29) is 18.3 Å². The molecule has 1 aliphatic rings. The topological polar surface area (TPSA) is 32.3 Å². The van der Waals surface area contributed by atoms with Crippen molar-refractivity contribution in [3.63, 3.8) is 0 Å². The third-order valence-electron chi connectivity index (χ3n) is 4.10. The maximum absolute atomic E-state index is 12.3. The molecule has 0 bridgehead atoms. The summed E-state index contributed by atoms with van der Waals surface area (Å²) in [4.78, 5) is 14.3. The lowest BCUT2D eigenvalue weighted by Gasteiger charge is -2.34. The lowest BCUT2D eigenvalue weighted by Crippen LogP contribution is -2.52. The molecule has 1 aromatic rings. The SMILES string of the molecule is CC(C)c1ccc(CCC(=O)N2CCNCC2C)cc1.Cl. The van der Waals surface area contributed by atoms with Gasteiger partial charge in [0, 0.05) is 32.1 Å². The number of piperazine rings is 1. The van der Waals surface area contributed by atoms with E-state index in [1.54, 1.807) is 0 Å². The van der Waals surface area contributed by atoms with Crippen LogP contribution < -0.4 is 5.32 Å². The van der Waals surface area contributed by atoms with E-state index in [2.05, 4.69) is 50.4 Å². The second kappa shape index (κ2) is 8.40. The van der Waals surface area contributed by atoms with Gasteiger partial charge in [-0.15, -0.1) is 12.4 Å². The molecule has 1 amide bonds. The first-order valence-corrected chi connectivity index (χ1v) is 7.67. The van der Waals surface area contributed by atoms with Crippen molar-refractivity contribution < 1.29 is 4.79 Å². The summed E-state index contributed by atoms with van der Waals surface area (Å²) < 4.78 is 0. The highest BCUT2D eigenvalue weighted by Crippen LogP contribution is 2.16. The molecule has 1 heterocycles. The van der Waals surface area contributed by atoms with Crippen LogP contribution in [-0.2, 0) is 11.2 Å². The number of carbonyl (C=O) groups excluding carboxylic acids is 1. The number of nitrogens with one attached hydrogen (secondary N) is 1. The molecule has 0 saturated carbocycles. The number of benzene rings is 1. The normalized spacial score (nSPS) is 18.5. The van der Waals surface area contributed by atoms with Crippen LogP contribution >= 0.6 is 12.4 Å². The van der Waals surface area contributed by atoms with Gasteiger partial charge >= 0.3 is 0 Å². The smallest absolute Gasteiger partial charge is 0.223 e.